The highest BCUT2D eigenvalue weighted by Gasteiger charge is 2.05. The lowest BCUT2D eigenvalue weighted by Crippen LogP contribution is -2.23. The molecule has 8 heteroatoms. The number of hydrogen-bond acceptors (Lipinski definition) is 4. The van der Waals surface area contributed by atoms with Crippen molar-refractivity contribution in [3.8, 4) is 0 Å². The maximum Gasteiger partial charge on any atom is 0.321 e. The quantitative estimate of drug-likeness (QED) is 0.310. The van der Waals surface area contributed by atoms with Crippen molar-refractivity contribution in [2.45, 2.75) is 6.42 Å². The SMILES string of the molecule is CNCCCNCCOP(O)(O)=S.O. The van der Waals surface area contributed by atoms with E-state index in [1.54, 1.807) is 0 Å². The van der Waals surface area contributed by atoms with Crippen molar-refractivity contribution in [2.75, 3.05) is 33.3 Å². The van der Waals surface area contributed by atoms with Gasteiger partial charge in [0.15, 0.2) is 0 Å². The number of nitrogens with one attached hydrogen (secondary N) is 2. The van der Waals surface area contributed by atoms with Gasteiger partial charge in [-0.25, -0.2) is 0 Å². The summed E-state index contributed by atoms with van der Waals surface area (Å²) in [6.07, 6.45) is 1.03. The molecule has 0 aliphatic carbocycles. The van der Waals surface area contributed by atoms with Crippen LogP contribution in [0.15, 0.2) is 0 Å². The molecule has 6 N–H and O–H groups in total. The molecule has 0 heterocycles. The Morgan fingerprint density at radius 3 is 2.43 bits per heavy atom. The average molecular weight is 246 g/mol. The summed E-state index contributed by atoms with van der Waals surface area (Å²) in [6.45, 7) is -0.777. The Kier molecular flexibility index (Phi) is 12.0. The molecular weight excluding hydrogens is 227 g/mol. The van der Waals surface area contributed by atoms with E-state index in [0.29, 0.717) is 6.54 Å². The topological polar surface area (TPSA) is 105 Å². The monoisotopic (exact) mass is 246 g/mol. The molecular formula is C6H19N2O4PS. The van der Waals surface area contributed by atoms with Gasteiger partial charge in [-0.2, -0.15) is 0 Å². The highest BCUT2D eigenvalue weighted by Crippen LogP contribution is 2.35. The van der Waals surface area contributed by atoms with Crippen LogP contribution in [0.25, 0.3) is 0 Å². The number of hydrogen-bond donors (Lipinski definition) is 4. The van der Waals surface area contributed by atoms with Crippen molar-refractivity contribution >= 4 is 18.5 Å². The van der Waals surface area contributed by atoms with E-state index in [0.717, 1.165) is 19.5 Å². The van der Waals surface area contributed by atoms with Gasteiger partial charge in [-0.15, -0.1) is 0 Å². The maximum absolute atomic E-state index is 8.68. The minimum absolute atomic E-state index is 0. The maximum atomic E-state index is 8.68. The van der Waals surface area contributed by atoms with E-state index in [9.17, 15) is 0 Å². The van der Waals surface area contributed by atoms with E-state index in [4.69, 9.17) is 9.79 Å². The van der Waals surface area contributed by atoms with E-state index in [2.05, 4.69) is 27.0 Å². The lowest BCUT2D eigenvalue weighted by atomic mass is 10.4. The highest BCUT2D eigenvalue weighted by molar-refractivity contribution is 8.06. The van der Waals surface area contributed by atoms with Crippen molar-refractivity contribution in [1.29, 1.82) is 0 Å². The van der Waals surface area contributed by atoms with Crippen LogP contribution >= 0.6 is 6.72 Å². The normalized spacial score (nSPS) is 11.1. The highest BCUT2D eigenvalue weighted by atomic mass is 32.5. The minimum atomic E-state index is -3.45. The summed E-state index contributed by atoms with van der Waals surface area (Å²) in [5.74, 6) is 0. The molecule has 0 spiro atoms. The predicted octanol–water partition coefficient (Wildman–Crippen LogP) is -1.41. The Balaban J connectivity index is 0. The van der Waals surface area contributed by atoms with Crippen LogP contribution in [0.4, 0.5) is 0 Å². The summed E-state index contributed by atoms with van der Waals surface area (Å²) in [6, 6.07) is 0. The summed E-state index contributed by atoms with van der Waals surface area (Å²) in [4.78, 5) is 17.4. The van der Waals surface area contributed by atoms with Gasteiger partial charge in [0.25, 0.3) is 0 Å². The van der Waals surface area contributed by atoms with E-state index < -0.39 is 6.72 Å². The third-order valence-corrected chi connectivity index (χ3v) is 2.15. The van der Waals surface area contributed by atoms with Gasteiger partial charge >= 0.3 is 6.72 Å². The zero-order valence-corrected chi connectivity index (χ0v) is 9.90. The first kappa shape index (κ1) is 16.8. The van der Waals surface area contributed by atoms with Crippen LogP contribution in [0.2, 0.25) is 0 Å². The molecule has 0 aliphatic heterocycles. The molecule has 0 atom stereocenters. The van der Waals surface area contributed by atoms with Gasteiger partial charge in [0.1, 0.15) is 0 Å². The Morgan fingerprint density at radius 1 is 1.29 bits per heavy atom. The zero-order chi connectivity index (χ0) is 10.2. The molecule has 0 saturated carbocycles. The molecule has 0 amide bonds. The first-order valence-corrected chi connectivity index (χ1v) is 6.74. The average Bonchev–Trinajstić information content (AvgIpc) is 2.01. The largest absolute Gasteiger partial charge is 0.412 e. The molecule has 88 valence electrons. The molecule has 0 rings (SSSR count). The zero-order valence-electron chi connectivity index (χ0n) is 8.19. The van der Waals surface area contributed by atoms with Gasteiger partial charge in [-0.1, -0.05) is 0 Å². The second kappa shape index (κ2) is 9.95. The van der Waals surface area contributed by atoms with Crippen molar-refractivity contribution in [1.82, 2.24) is 10.6 Å². The van der Waals surface area contributed by atoms with Gasteiger partial charge in [0, 0.05) is 6.54 Å². The summed E-state index contributed by atoms with van der Waals surface area (Å²) in [5, 5.41) is 6.10. The first-order valence-electron chi connectivity index (χ1n) is 4.11. The third kappa shape index (κ3) is 14.9. The Morgan fingerprint density at radius 2 is 1.93 bits per heavy atom. The molecule has 0 aromatic rings. The molecule has 0 aromatic carbocycles. The van der Waals surface area contributed by atoms with Gasteiger partial charge in [0.05, 0.1) is 6.61 Å². The van der Waals surface area contributed by atoms with Crippen LogP contribution in [0.5, 0.6) is 0 Å². The standard InChI is InChI=1S/C6H17N2O3PS.H2O/c1-7-3-2-4-8-5-6-11-12(9,10)13;/h7-8H,2-6H2,1H3,(H2,9,10,13);1H2. The van der Waals surface area contributed by atoms with Crippen LogP contribution in [0.3, 0.4) is 0 Å². The molecule has 6 nitrogen and oxygen atoms in total. The third-order valence-electron chi connectivity index (χ3n) is 1.32. The van der Waals surface area contributed by atoms with Crippen LogP contribution in [-0.2, 0) is 16.3 Å². The van der Waals surface area contributed by atoms with Crippen molar-refractivity contribution in [3.05, 3.63) is 0 Å². The number of rotatable bonds is 8. The molecule has 0 radical (unpaired) electrons. The van der Waals surface area contributed by atoms with E-state index in [1.165, 1.54) is 0 Å². The van der Waals surface area contributed by atoms with E-state index >= 15 is 0 Å². The summed E-state index contributed by atoms with van der Waals surface area (Å²) < 4.78 is 4.59. The second-order valence-electron chi connectivity index (χ2n) is 2.53. The van der Waals surface area contributed by atoms with Gasteiger partial charge in [-0.05, 0) is 38.4 Å². The van der Waals surface area contributed by atoms with Crippen molar-refractivity contribution in [2.24, 2.45) is 0 Å². The van der Waals surface area contributed by atoms with Gasteiger partial charge in [-0.3, -0.25) is 0 Å². The smallest absolute Gasteiger partial charge is 0.321 e. The second-order valence-corrected chi connectivity index (χ2v) is 5.20. The molecule has 0 aromatic heterocycles. The molecule has 0 unspecified atom stereocenters. The van der Waals surface area contributed by atoms with Crippen LogP contribution in [0, 0.1) is 0 Å². The Bertz CT molecular complexity index is 166. The van der Waals surface area contributed by atoms with Crippen LogP contribution in [-0.4, -0.2) is 48.6 Å². The summed E-state index contributed by atoms with van der Waals surface area (Å²) in [7, 11) is 1.90. The Hall–Kier alpha value is 0.410. The fraction of sp³-hybridized carbons (Fsp3) is 1.00. The van der Waals surface area contributed by atoms with Gasteiger partial charge < -0.3 is 30.4 Å². The van der Waals surface area contributed by atoms with E-state index in [-0.39, 0.29) is 12.1 Å². The summed E-state index contributed by atoms with van der Waals surface area (Å²) >= 11 is 4.27. The fourth-order valence-electron chi connectivity index (χ4n) is 0.752. The Labute approximate surface area is 89.2 Å². The summed E-state index contributed by atoms with van der Waals surface area (Å²) in [5.41, 5.74) is 0. The predicted molar refractivity (Wildman–Crippen MR) is 59.7 cm³/mol. The lowest BCUT2D eigenvalue weighted by Gasteiger charge is -2.08. The molecule has 0 bridgehead atoms. The van der Waals surface area contributed by atoms with Crippen LogP contribution < -0.4 is 10.6 Å². The van der Waals surface area contributed by atoms with Crippen LogP contribution in [0.1, 0.15) is 6.42 Å². The van der Waals surface area contributed by atoms with Crippen molar-refractivity contribution in [3.63, 3.8) is 0 Å². The molecule has 0 fully saturated rings. The molecule has 0 saturated heterocycles. The van der Waals surface area contributed by atoms with E-state index in [1.807, 2.05) is 7.05 Å². The molecule has 14 heavy (non-hydrogen) atoms. The lowest BCUT2D eigenvalue weighted by molar-refractivity contribution is 0.251. The van der Waals surface area contributed by atoms with Gasteiger partial charge in [0.2, 0.25) is 0 Å². The first-order chi connectivity index (χ1) is 6.06. The fourth-order valence-corrected chi connectivity index (χ4v) is 1.30. The van der Waals surface area contributed by atoms with Crippen molar-refractivity contribution < 1.29 is 19.8 Å². The molecule has 0 aliphatic rings. The minimum Gasteiger partial charge on any atom is -0.412 e.